The summed E-state index contributed by atoms with van der Waals surface area (Å²) >= 11 is 1.35. The zero-order valence-electron chi connectivity index (χ0n) is 20.2. The Morgan fingerprint density at radius 1 is 1.11 bits per heavy atom. The van der Waals surface area contributed by atoms with Gasteiger partial charge in [0.05, 0.1) is 29.1 Å². The van der Waals surface area contributed by atoms with Crippen LogP contribution in [-0.2, 0) is 16.1 Å². The lowest BCUT2D eigenvalue weighted by Crippen LogP contribution is -2.43. The molecule has 2 heterocycles. The van der Waals surface area contributed by atoms with Crippen molar-refractivity contribution in [2.75, 3.05) is 30.9 Å². The number of carbonyl (C=O) groups is 2. The third-order valence-corrected chi connectivity index (χ3v) is 7.06. The zero-order valence-corrected chi connectivity index (χ0v) is 21.0. The lowest BCUT2D eigenvalue weighted by atomic mass is 9.84. The van der Waals surface area contributed by atoms with Crippen molar-refractivity contribution in [2.24, 2.45) is 0 Å². The number of fused-ring (bicyclic) bond motifs is 1. The van der Waals surface area contributed by atoms with E-state index in [9.17, 15) is 14.7 Å². The predicted octanol–water partition coefficient (Wildman–Crippen LogP) is 4.05. The van der Waals surface area contributed by atoms with Gasteiger partial charge in [-0.25, -0.2) is 0 Å². The fraction of sp³-hybridized carbons (Fsp3) is 0.179. The van der Waals surface area contributed by atoms with Gasteiger partial charge in [-0.2, -0.15) is 0 Å². The monoisotopic (exact) mass is 514 g/mol. The van der Waals surface area contributed by atoms with E-state index in [4.69, 9.17) is 4.74 Å². The molecule has 0 fully saturated rings. The van der Waals surface area contributed by atoms with Crippen LogP contribution >= 0.6 is 11.3 Å². The van der Waals surface area contributed by atoms with Gasteiger partial charge in [0.15, 0.2) is 11.9 Å². The molecule has 0 saturated heterocycles. The molecule has 2 aromatic carbocycles. The van der Waals surface area contributed by atoms with E-state index in [1.807, 2.05) is 41.8 Å². The minimum atomic E-state index is -1.16. The number of pyridine rings is 1. The summed E-state index contributed by atoms with van der Waals surface area (Å²) in [4.78, 5) is 30.5. The van der Waals surface area contributed by atoms with E-state index in [0.29, 0.717) is 47.1 Å². The molecular weight excluding hydrogens is 488 g/mol. The number of amides is 1. The average molecular weight is 515 g/mol. The molecule has 0 aliphatic heterocycles. The molecule has 0 radical (unpaired) electrons. The molecular formula is C28H26N4O4S. The number of ether oxygens (including phenoxy) is 1. The van der Waals surface area contributed by atoms with Gasteiger partial charge in [-0.05, 0) is 46.8 Å². The maximum absolute atomic E-state index is 13.1. The van der Waals surface area contributed by atoms with E-state index in [1.54, 1.807) is 37.6 Å². The molecule has 1 unspecified atom stereocenters. The van der Waals surface area contributed by atoms with Crippen molar-refractivity contribution in [3.05, 3.63) is 93.9 Å². The fourth-order valence-corrected chi connectivity index (χ4v) is 5.06. The summed E-state index contributed by atoms with van der Waals surface area (Å²) in [6.45, 7) is 1.47. The van der Waals surface area contributed by atoms with Crippen molar-refractivity contribution >= 4 is 50.9 Å². The number of hydrogen-bond donors (Lipinski definition) is 4. The SMILES string of the molecule is COCCNC1=C(c2cccc(NC(=O)c3sccc3NCc3ccnc4ccccc34)c2)C(=O)C1O. The molecule has 1 aliphatic carbocycles. The van der Waals surface area contributed by atoms with E-state index in [0.717, 1.165) is 22.2 Å². The highest BCUT2D eigenvalue weighted by molar-refractivity contribution is 7.12. The van der Waals surface area contributed by atoms with Crippen LogP contribution in [0.1, 0.15) is 20.8 Å². The van der Waals surface area contributed by atoms with E-state index in [1.165, 1.54) is 11.3 Å². The molecule has 0 spiro atoms. The number of benzene rings is 2. The second-order valence-electron chi connectivity index (χ2n) is 8.51. The van der Waals surface area contributed by atoms with Gasteiger partial charge in [0, 0.05) is 37.5 Å². The molecule has 0 bridgehead atoms. The molecule has 4 N–H and O–H groups in total. The van der Waals surface area contributed by atoms with Crippen LogP contribution in [0.2, 0.25) is 0 Å². The zero-order chi connectivity index (χ0) is 25.8. The number of Topliss-reactive ketones (excluding diaryl/α,β-unsaturated/α-hetero) is 1. The van der Waals surface area contributed by atoms with Crippen molar-refractivity contribution in [3.63, 3.8) is 0 Å². The van der Waals surface area contributed by atoms with Crippen molar-refractivity contribution in [3.8, 4) is 0 Å². The Balaban J connectivity index is 1.30. The number of nitrogens with zero attached hydrogens (tertiary/aromatic N) is 1. The average Bonchev–Trinajstić information content (AvgIpc) is 3.40. The molecule has 1 amide bonds. The molecule has 188 valence electrons. The van der Waals surface area contributed by atoms with Gasteiger partial charge in [-0.1, -0.05) is 30.3 Å². The molecule has 1 aliphatic rings. The molecule has 2 aromatic heterocycles. The second-order valence-corrected chi connectivity index (χ2v) is 9.43. The number of aliphatic hydroxyl groups is 1. The van der Waals surface area contributed by atoms with Crippen molar-refractivity contribution in [2.45, 2.75) is 12.6 Å². The maximum atomic E-state index is 13.1. The first kappa shape index (κ1) is 24.6. The summed E-state index contributed by atoms with van der Waals surface area (Å²) in [6.07, 6.45) is 0.621. The van der Waals surface area contributed by atoms with E-state index >= 15 is 0 Å². The van der Waals surface area contributed by atoms with Crippen LogP contribution in [0, 0.1) is 0 Å². The fourth-order valence-electron chi connectivity index (χ4n) is 4.29. The van der Waals surface area contributed by atoms with Crippen molar-refractivity contribution in [1.82, 2.24) is 10.3 Å². The Morgan fingerprint density at radius 2 is 1.97 bits per heavy atom. The van der Waals surface area contributed by atoms with Crippen LogP contribution in [0.5, 0.6) is 0 Å². The number of anilines is 2. The quantitative estimate of drug-likeness (QED) is 0.236. The minimum absolute atomic E-state index is 0.248. The lowest BCUT2D eigenvalue weighted by molar-refractivity contribution is -0.122. The number of nitrogens with one attached hydrogen (secondary N) is 3. The Bertz CT molecular complexity index is 1490. The molecule has 8 nitrogen and oxygen atoms in total. The minimum Gasteiger partial charge on any atom is -0.383 e. The van der Waals surface area contributed by atoms with Crippen LogP contribution in [0.3, 0.4) is 0 Å². The summed E-state index contributed by atoms with van der Waals surface area (Å²) in [5.74, 6) is -0.599. The number of hydrogen-bond acceptors (Lipinski definition) is 8. The number of aromatic nitrogens is 1. The Hall–Kier alpha value is -4.05. The van der Waals surface area contributed by atoms with Crippen molar-refractivity contribution < 1.29 is 19.4 Å². The summed E-state index contributed by atoms with van der Waals surface area (Å²) < 4.78 is 5.03. The summed E-state index contributed by atoms with van der Waals surface area (Å²) in [6, 6.07) is 18.9. The molecule has 37 heavy (non-hydrogen) atoms. The lowest BCUT2D eigenvalue weighted by Gasteiger charge is -2.29. The molecule has 9 heteroatoms. The number of ketones is 1. The Morgan fingerprint density at radius 3 is 2.84 bits per heavy atom. The number of rotatable bonds is 10. The van der Waals surface area contributed by atoms with Crippen LogP contribution in [0.4, 0.5) is 11.4 Å². The van der Waals surface area contributed by atoms with Crippen LogP contribution < -0.4 is 16.0 Å². The molecule has 4 aromatic rings. The van der Waals surface area contributed by atoms with Gasteiger partial charge < -0.3 is 25.8 Å². The summed E-state index contributed by atoms with van der Waals surface area (Å²) in [5.41, 5.74) is 4.83. The van der Waals surface area contributed by atoms with Gasteiger partial charge in [0.2, 0.25) is 0 Å². The van der Waals surface area contributed by atoms with E-state index in [2.05, 4.69) is 20.9 Å². The highest BCUT2D eigenvalue weighted by Gasteiger charge is 2.38. The highest BCUT2D eigenvalue weighted by atomic mass is 32.1. The topological polar surface area (TPSA) is 113 Å². The van der Waals surface area contributed by atoms with E-state index < -0.39 is 6.10 Å². The number of thiophene rings is 1. The summed E-state index contributed by atoms with van der Waals surface area (Å²) in [5, 5.41) is 22.4. The number of aliphatic hydroxyl groups excluding tert-OH is 1. The first-order chi connectivity index (χ1) is 18.1. The van der Waals surface area contributed by atoms with Gasteiger partial charge in [0.1, 0.15) is 4.88 Å². The number of para-hydroxylation sites is 1. The van der Waals surface area contributed by atoms with Gasteiger partial charge in [0.25, 0.3) is 5.91 Å². The van der Waals surface area contributed by atoms with E-state index in [-0.39, 0.29) is 11.7 Å². The van der Waals surface area contributed by atoms with Crippen molar-refractivity contribution in [1.29, 1.82) is 0 Å². The predicted molar refractivity (Wildman–Crippen MR) is 146 cm³/mol. The number of methoxy groups -OCH3 is 1. The normalized spacial score (nSPS) is 15.0. The van der Waals surface area contributed by atoms with Gasteiger partial charge in [-0.15, -0.1) is 11.3 Å². The largest absolute Gasteiger partial charge is 0.383 e. The molecule has 5 rings (SSSR count). The third-order valence-electron chi connectivity index (χ3n) is 6.15. The molecule has 0 saturated carbocycles. The second kappa shape index (κ2) is 10.9. The summed E-state index contributed by atoms with van der Waals surface area (Å²) in [7, 11) is 1.58. The Kier molecular flexibility index (Phi) is 7.27. The van der Waals surface area contributed by atoms with Gasteiger partial charge in [-0.3, -0.25) is 14.6 Å². The third kappa shape index (κ3) is 5.10. The van der Waals surface area contributed by atoms with Crippen LogP contribution in [-0.4, -0.2) is 48.1 Å². The molecule has 1 atom stereocenters. The Labute approximate surface area is 218 Å². The first-order valence-corrected chi connectivity index (χ1v) is 12.7. The van der Waals surface area contributed by atoms with Crippen LogP contribution in [0.15, 0.2) is 77.9 Å². The maximum Gasteiger partial charge on any atom is 0.267 e. The number of carbonyl (C=O) groups excluding carboxylic acids is 2. The first-order valence-electron chi connectivity index (χ1n) is 11.8. The van der Waals surface area contributed by atoms with Gasteiger partial charge >= 0.3 is 0 Å². The van der Waals surface area contributed by atoms with Crippen LogP contribution in [0.25, 0.3) is 16.5 Å². The standard InChI is InChI=1S/C28H26N4O4S/c1-36-13-12-30-24-23(25(33)26(24)34)17-5-4-6-19(15-17)32-28(35)27-22(10-14-37-27)31-16-18-9-11-29-21-8-3-2-7-20(18)21/h2-11,14-15,26,30-31,34H,12-13,16H2,1H3,(H,32,35). The smallest absolute Gasteiger partial charge is 0.267 e. The highest BCUT2D eigenvalue weighted by Crippen LogP contribution is 2.33.